The summed E-state index contributed by atoms with van der Waals surface area (Å²) < 4.78 is 34.4. The van der Waals surface area contributed by atoms with Crippen molar-refractivity contribution in [2.75, 3.05) is 26.9 Å². The smallest absolute Gasteiger partial charge is 0.339 e. The van der Waals surface area contributed by atoms with Gasteiger partial charge in [-0.05, 0) is 6.92 Å². The zero-order chi connectivity index (χ0) is 14.7. The molecule has 2 rings (SSSR count). The lowest BCUT2D eigenvalue weighted by molar-refractivity contribution is -0.153. The van der Waals surface area contributed by atoms with E-state index in [1.54, 1.807) is 6.92 Å². The number of carbonyl (C=O) groups is 1. The molecular weight excluding hydrogens is 271 g/mol. The number of aliphatic hydroxyl groups is 1. The number of aliphatic hydroxyl groups excluding tert-OH is 1. The van der Waals surface area contributed by atoms with Gasteiger partial charge >= 0.3 is 5.97 Å². The van der Waals surface area contributed by atoms with Crippen molar-refractivity contribution in [3.05, 3.63) is 17.4 Å². The Morgan fingerprint density at radius 2 is 2.20 bits per heavy atom. The number of hydrogen-bond acceptors (Lipinski definition) is 6. The van der Waals surface area contributed by atoms with Crippen LogP contribution in [0.3, 0.4) is 0 Å². The standard InChI is InChI=1S/C13H15FO6/c1-3-18-13(16)11(15)9-10(14)7(17-2)6-8-12(9)20-5-4-19-8/h6,11,15H,3-5H2,1-2H3. The van der Waals surface area contributed by atoms with Gasteiger partial charge in [0.1, 0.15) is 13.2 Å². The molecular formula is C13H15FO6. The third-order valence-corrected chi connectivity index (χ3v) is 2.77. The van der Waals surface area contributed by atoms with Gasteiger partial charge in [0.2, 0.25) is 0 Å². The molecule has 0 spiro atoms. The van der Waals surface area contributed by atoms with Crippen LogP contribution in [0.4, 0.5) is 4.39 Å². The summed E-state index contributed by atoms with van der Waals surface area (Å²) >= 11 is 0. The van der Waals surface area contributed by atoms with Gasteiger partial charge in [0, 0.05) is 6.07 Å². The van der Waals surface area contributed by atoms with Crippen LogP contribution in [-0.2, 0) is 9.53 Å². The Balaban J connectivity index is 2.51. The van der Waals surface area contributed by atoms with E-state index in [1.165, 1.54) is 13.2 Å². The summed E-state index contributed by atoms with van der Waals surface area (Å²) in [6, 6.07) is 1.31. The summed E-state index contributed by atoms with van der Waals surface area (Å²) in [5.41, 5.74) is -0.336. The first kappa shape index (κ1) is 14.4. The molecule has 0 fully saturated rings. The molecule has 1 heterocycles. The van der Waals surface area contributed by atoms with E-state index in [9.17, 15) is 14.3 Å². The monoisotopic (exact) mass is 286 g/mol. The van der Waals surface area contributed by atoms with E-state index in [-0.39, 0.29) is 42.6 Å². The number of carbonyl (C=O) groups excluding carboxylic acids is 1. The second kappa shape index (κ2) is 5.96. The molecule has 6 nitrogen and oxygen atoms in total. The Morgan fingerprint density at radius 3 is 2.85 bits per heavy atom. The zero-order valence-electron chi connectivity index (χ0n) is 11.1. The Bertz CT molecular complexity index is 516. The summed E-state index contributed by atoms with van der Waals surface area (Å²) in [6.07, 6.45) is -1.81. The fraction of sp³-hybridized carbons (Fsp3) is 0.462. The molecule has 0 aliphatic carbocycles. The largest absolute Gasteiger partial charge is 0.494 e. The molecule has 1 aromatic rings. The first-order valence-electron chi connectivity index (χ1n) is 6.10. The molecule has 0 radical (unpaired) electrons. The van der Waals surface area contributed by atoms with E-state index in [0.717, 1.165) is 0 Å². The van der Waals surface area contributed by atoms with Crippen LogP contribution in [-0.4, -0.2) is 38.0 Å². The third-order valence-electron chi connectivity index (χ3n) is 2.77. The Hall–Kier alpha value is -2.02. The van der Waals surface area contributed by atoms with Crippen LogP contribution in [0, 0.1) is 5.82 Å². The highest BCUT2D eigenvalue weighted by atomic mass is 19.1. The van der Waals surface area contributed by atoms with E-state index < -0.39 is 17.9 Å². The highest BCUT2D eigenvalue weighted by Crippen LogP contribution is 2.43. The van der Waals surface area contributed by atoms with Crippen LogP contribution in [0.25, 0.3) is 0 Å². The van der Waals surface area contributed by atoms with Crippen LogP contribution in [0.2, 0.25) is 0 Å². The maximum atomic E-state index is 14.3. The SMILES string of the molecule is CCOC(=O)C(O)c1c(F)c(OC)cc2c1OCCO2. The molecule has 0 saturated heterocycles. The van der Waals surface area contributed by atoms with Gasteiger partial charge in [0.25, 0.3) is 0 Å². The van der Waals surface area contributed by atoms with Crippen molar-refractivity contribution in [1.82, 2.24) is 0 Å². The van der Waals surface area contributed by atoms with Crippen LogP contribution in [0.1, 0.15) is 18.6 Å². The minimum atomic E-state index is -1.81. The Kier molecular flexibility index (Phi) is 4.29. The highest BCUT2D eigenvalue weighted by molar-refractivity contribution is 5.78. The number of esters is 1. The van der Waals surface area contributed by atoms with Crippen LogP contribution < -0.4 is 14.2 Å². The summed E-state index contributed by atoms with van der Waals surface area (Å²) in [5, 5.41) is 9.97. The molecule has 1 atom stereocenters. The van der Waals surface area contributed by atoms with E-state index >= 15 is 0 Å². The number of halogens is 1. The van der Waals surface area contributed by atoms with E-state index in [1.807, 2.05) is 0 Å². The summed E-state index contributed by atoms with van der Waals surface area (Å²) in [5.74, 6) is -1.77. The number of methoxy groups -OCH3 is 1. The van der Waals surface area contributed by atoms with Crippen molar-refractivity contribution in [2.45, 2.75) is 13.0 Å². The molecule has 7 heteroatoms. The van der Waals surface area contributed by atoms with Gasteiger partial charge in [-0.15, -0.1) is 0 Å². The maximum Gasteiger partial charge on any atom is 0.339 e. The molecule has 0 amide bonds. The average Bonchev–Trinajstić information content (AvgIpc) is 2.46. The lowest BCUT2D eigenvalue weighted by Gasteiger charge is -2.24. The lowest BCUT2D eigenvalue weighted by Crippen LogP contribution is -2.22. The second-order valence-corrected chi connectivity index (χ2v) is 3.99. The number of ether oxygens (including phenoxy) is 4. The number of hydrogen-bond donors (Lipinski definition) is 1. The van der Waals surface area contributed by atoms with Crippen molar-refractivity contribution < 1.29 is 33.2 Å². The van der Waals surface area contributed by atoms with Gasteiger partial charge in [-0.25, -0.2) is 9.18 Å². The quantitative estimate of drug-likeness (QED) is 0.838. The van der Waals surface area contributed by atoms with Gasteiger partial charge < -0.3 is 24.1 Å². The fourth-order valence-corrected chi connectivity index (χ4v) is 1.90. The minimum Gasteiger partial charge on any atom is -0.494 e. The lowest BCUT2D eigenvalue weighted by atomic mass is 10.1. The van der Waals surface area contributed by atoms with Crippen molar-refractivity contribution >= 4 is 5.97 Å². The number of rotatable bonds is 4. The Labute approximate surface area is 115 Å². The van der Waals surface area contributed by atoms with Crippen molar-refractivity contribution in [3.8, 4) is 17.2 Å². The normalized spacial score (nSPS) is 14.6. The second-order valence-electron chi connectivity index (χ2n) is 3.99. The molecule has 110 valence electrons. The van der Waals surface area contributed by atoms with Gasteiger partial charge in [-0.1, -0.05) is 0 Å². The van der Waals surface area contributed by atoms with Crippen LogP contribution >= 0.6 is 0 Å². The maximum absolute atomic E-state index is 14.3. The third kappa shape index (κ3) is 2.49. The van der Waals surface area contributed by atoms with Crippen LogP contribution in [0.15, 0.2) is 6.07 Å². The predicted octanol–water partition coefficient (Wildman–Crippen LogP) is 1.20. The van der Waals surface area contributed by atoms with Crippen molar-refractivity contribution in [3.63, 3.8) is 0 Å². The minimum absolute atomic E-state index is 0.00453. The van der Waals surface area contributed by atoms with E-state index in [4.69, 9.17) is 14.2 Å². The molecule has 0 aromatic heterocycles. The van der Waals surface area contributed by atoms with Gasteiger partial charge in [0.15, 0.2) is 29.2 Å². The molecule has 0 bridgehead atoms. The highest BCUT2D eigenvalue weighted by Gasteiger charge is 2.32. The summed E-state index contributed by atoms with van der Waals surface area (Å²) in [7, 11) is 1.27. The van der Waals surface area contributed by atoms with Crippen molar-refractivity contribution in [2.24, 2.45) is 0 Å². The molecule has 1 unspecified atom stereocenters. The summed E-state index contributed by atoms with van der Waals surface area (Å²) in [6.45, 7) is 2.14. The first-order chi connectivity index (χ1) is 9.60. The molecule has 0 saturated carbocycles. The topological polar surface area (TPSA) is 74.2 Å². The molecule has 1 aromatic carbocycles. The van der Waals surface area contributed by atoms with Crippen molar-refractivity contribution in [1.29, 1.82) is 0 Å². The molecule has 1 N–H and O–H groups in total. The number of fused-ring (bicyclic) bond motifs is 1. The van der Waals surface area contributed by atoms with Gasteiger partial charge in [0.05, 0.1) is 19.3 Å². The van der Waals surface area contributed by atoms with Gasteiger partial charge in [-0.2, -0.15) is 0 Å². The fourth-order valence-electron chi connectivity index (χ4n) is 1.90. The average molecular weight is 286 g/mol. The summed E-state index contributed by atoms with van der Waals surface area (Å²) in [4.78, 5) is 11.6. The number of benzene rings is 1. The Morgan fingerprint density at radius 1 is 1.50 bits per heavy atom. The van der Waals surface area contributed by atoms with E-state index in [0.29, 0.717) is 0 Å². The molecule has 1 aliphatic rings. The van der Waals surface area contributed by atoms with Crippen LogP contribution in [0.5, 0.6) is 17.2 Å². The predicted molar refractivity (Wildman–Crippen MR) is 65.5 cm³/mol. The zero-order valence-corrected chi connectivity index (χ0v) is 11.1. The molecule has 1 aliphatic heterocycles. The molecule has 20 heavy (non-hydrogen) atoms. The first-order valence-corrected chi connectivity index (χ1v) is 6.10. The van der Waals surface area contributed by atoms with Gasteiger partial charge in [-0.3, -0.25) is 0 Å². The van der Waals surface area contributed by atoms with E-state index in [2.05, 4.69) is 4.74 Å².